The number of nitrogens with zero attached hydrogens (tertiary/aromatic N) is 1. The van der Waals surface area contributed by atoms with Crippen LogP contribution in [0.25, 0.3) is 0 Å². The van der Waals surface area contributed by atoms with E-state index in [2.05, 4.69) is 0 Å². The van der Waals surface area contributed by atoms with Crippen LogP contribution in [0.4, 0.5) is 0 Å². The predicted molar refractivity (Wildman–Crippen MR) is 49.4 cm³/mol. The Labute approximate surface area is 80.1 Å². The third-order valence-electron chi connectivity index (χ3n) is 0.824. The van der Waals surface area contributed by atoms with Gasteiger partial charge in [-0.2, -0.15) is 0 Å². The monoisotopic (exact) mass is 207 g/mol. The van der Waals surface area contributed by atoms with E-state index in [9.17, 15) is 0 Å². The van der Waals surface area contributed by atoms with Gasteiger partial charge in [-0.1, -0.05) is 35.3 Å². The van der Waals surface area contributed by atoms with Crippen molar-refractivity contribution in [2.45, 2.75) is 0 Å². The Kier molecular flexibility index (Phi) is 5.41. The summed E-state index contributed by atoms with van der Waals surface area (Å²) < 4.78 is 0. The van der Waals surface area contributed by atoms with Crippen LogP contribution in [0.2, 0.25) is 10.0 Å². The molecule has 1 rings (SSSR count). The molecule has 3 nitrogen and oxygen atoms in total. The maximum Gasteiger partial charge on any atom is 0.194 e. The van der Waals surface area contributed by atoms with Crippen LogP contribution < -0.4 is 0 Å². The van der Waals surface area contributed by atoms with Gasteiger partial charge in [0.1, 0.15) is 0 Å². The number of hydrogen-bond acceptors (Lipinski definition) is 2. The van der Waals surface area contributed by atoms with Crippen LogP contribution in [0.5, 0.6) is 0 Å². The molecule has 0 aliphatic rings. The van der Waals surface area contributed by atoms with E-state index >= 15 is 0 Å². The van der Waals surface area contributed by atoms with Gasteiger partial charge >= 0.3 is 0 Å². The van der Waals surface area contributed by atoms with E-state index in [0.29, 0.717) is 10.0 Å². The van der Waals surface area contributed by atoms with Crippen molar-refractivity contribution >= 4 is 23.2 Å². The van der Waals surface area contributed by atoms with Crippen LogP contribution in [0.3, 0.4) is 0 Å². The van der Waals surface area contributed by atoms with Crippen LogP contribution in [-0.4, -0.2) is 12.0 Å². The second-order valence-corrected chi connectivity index (χ2v) is 2.67. The summed E-state index contributed by atoms with van der Waals surface area (Å²) in [4.78, 5) is 8.31. The summed E-state index contributed by atoms with van der Waals surface area (Å²) in [6.07, 6.45) is 0. The lowest BCUT2D eigenvalue weighted by atomic mass is 10.4. The van der Waals surface area contributed by atoms with Gasteiger partial charge in [0, 0.05) is 4.92 Å². The highest BCUT2D eigenvalue weighted by molar-refractivity contribution is 6.41. The maximum atomic E-state index is 8.81. The average molecular weight is 208 g/mol. The Balaban J connectivity index is 0.000000261. The Morgan fingerprint density at radius 3 is 1.67 bits per heavy atom. The van der Waals surface area contributed by atoms with Gasteiger partial charge < -0.3 is 0 Å². The van der Waals surface area contributed by atoms with Gasteiger partial charge in [0.2, 0.25) is 0 Å². The van der Waals surface area contributed by atoms with Gasteiger partial charge in [-0.25, -0.2) is 0 Å². The number of nitro groups is 1. The highest BCUT2D eigenvalue weighted by Crippen LogP contribution is 2.19. The molecule has 12 heavy (non-hydrogen) atoms. The molecule has 0 atom stereocenters. The second kappa shape index (κ2) is 5.80. The molecule has 0 radical (unpaired) electrons. The molecule has 0 amide bonds. The largest absolute Gasteiger partial charge is 0.265 e. The van der Waals surface area contributed by atoms with Gasteiger partial charge in [0.05, 0.1) is 10.0 Å². The quantitative estimate of drug-likeness (QED) is 0.485. The molecule has 0 aliphatic carbocycles. The third-order valence-corrected chi connectivity index (χ3v) is 1.58. The fourth-order valence-electron chi connectivity index (χ4n) is 0.439. The van der Waals surface area contributed by atoms with Crippen LogP contribution in [0.1, 0.15) is 0 Å². The number of rotatable bonds is 0. The maximum absolute atomic E-state index is 8.81. The molecule has 1 aromatic rings. The summed E-state index contributed by atoms with van der Waals surface area (Å²) in [5, 5.41) is 10.0. The lowest BCUT2D eigenvalue weighted by Gasteiger charge is -1.88. The molecule has 1 aromatic carbocycles. The van der Waals surface area contributed by atoms with E-state index in [-0.39, 0.29) is 0 Å². The molecule has 0 fully saturated rings. The van der Waals surface area contributed by atoms with Gasteiger partial charge in [-0.3, -0.25) is 10.1 Å². The molecular formula is C7H7Cl2NO2. The minimum absolute atomic E-state index is 0.500. The van der Waals surface area contributed by atoms with Gasteiger partial charge in [-0.15, -0.1) is 0 Å². The summed E-state index contributed by atoms with van der Waals surface area (Å²) in [6, 6.07) is 7.19. The smallest absolute Gasteiger partial charge is 0.194 e. The fraction of sp³-hybridized carbons (Fsp3) is 0.143. The fourth-order valence-corrected chi connectivity index (χ4v) is 0.711. The Morgan fingerprint density at radius 2 is 1.50 bits per heavy atom. The van der Waals surface area contributed by atoms with Crippen molar-refractivity contribution in [3.05, 3.63) is 44.4 Å². The first-order valence-corrected chi connectivity index (χ1v) is 3.77. The molecule has 0 heterocycles. The van der Waals surface area contributed by atoms with Crippen LogP contribution >= 0.6 is 23.2 Å². The van der Waals surface area contributed by atoms with E-state index in [1.807, 2.05) is 12.1 Å². The topological polar surface area (TPSA) is 43.1 Å². The first kappa shape index (κ1) is 11.2. The minimum Gasteiger partial charge on any atom is -0.265 e. The van der Waals surface area contributed by atoms with E-state index in [4.69, 9.17) is 33.3 Å². The lowest BCUT2D eigenvalue weighted by Crippen LogP contribution is -1.79. The molecule has 0 aliphatic heterocycles. The van der Waals surface area contributed by atoms with Crippen molar-refractivity contribution in [1.82, 2.24) is 0 Å². The highest BCUT2D eigenvalue weighted by atomic mass is 35.5. The third kappa shape index (κ3) is 5.95. The molecule has 5 heteroatoms. The molecular weight excluding hydrogens is 201 g/mol. The normalized spacial score (nSPS) is 8.25. The first-order chi connectivity index (χ1) is 5.54. The number of benzene rings is 1. The Bertz CT molecular complexity index is 240. The van der Waals surface area contributed by atoms with Crippen molar-refractivity contribution in [2.75, 3.05) is 7.05 Å². The molecule has 0 aromatic heterocycles. The molecule has 0 saturated heterocycles. The van der Waals surface area contributed by atoms with Crippen LogP contribution in [-0.2, 0) is 0 Å². The van der Waals surface area contributed by atoms with E-state index < -0.39 is 4.92 Å². The van der Waals surface area contributed by atoms with Crippen molar-refractivity contribution in [2.24, 2.45) is 0 Å². The van der Waals surface area contributed by atoms with Crippen molar-refractivity contribution in [3.8, 4) is 0 Å². The molecule has 0 saturated carbocycles. The van der Waals surface area contributed by atoms with Crippen molar-refractivity contribution in [3.63, 3.8) is 0 Å². The SMILES string of the molecule is C[N+](=O)[O-].Clc1ccccc1Cl. The predicted octanol–water partition coefficient (Wildman–Crippen LogP) is 2.89. The van der Waals surface area contributed by atoms with Gasteiger partial charge in [0.15, 0.2) is 7.05 Å². The Morgan fingerprint density at radius 1 is 1.25 bits per heavy atom. The minimum atomic E-state index is -0.500. The van der Waals surface area contributed by atoms with Crippen LogP contribution in [0.15, 0.2) is 24.3 Å². The zero-order valence-corrected chi connectivity index (χ0v) is 7.84. The highest BCUT2D eigenvalue weighted by Gasteiger charge is 1.89. The van der Waals surface area contributed by atoms with Gasteiger partial charge in [-0.05, 0) is 12.1 Å². The summed E-state index contributed by atoms with van der Waals surface area (Å²) in [6.45, 7) is 0. The molecule has 66 valence electrons. The summed E-state index contributed by atoms with van der Waals surface area (Å²) in [5.41, 5.74) is 0. The second-order valence-electron chi connectivity index (χ2n) is 1.85. The summed E-state index contributed by atoms with van der Waals surface area (Å²) >= 11 is 11.2. The standard InChI is InChI=1S/C6H4Cl2.CH3NO2/c7-5-3-1-2-4-6(5)8;1-2(3)4/h1-4H;1H3. The number of halogens is 2. The summed E-state index contributed by atoms with van der Waals surface area (Å²) in [5.74, 6) is 0. The molecule has 0 spiro atoms. The molecule has 0 unspecified atom stereocenters. The van der Waals surface area contributed by atoms with Crippen molar-refractivity contribution < 1.29 is 4.92 Å². The molecule has 0 bridgehead atoms. The lowest BCUT2D eigenvalue weighted by molar-refractivity contribution is -0.445. The Hall–Kier alpha value is -0.800. The molecule has 0 N–H and O–H groups in total. The zero-order chi connectivity index (χ0) is 9.56. The van der Waals surface area contributed by atoms with Crippen molar-refractivity contribution in [1.29, 1.82) is 0 Å². The van der Waals surface area contributed by atoms with E-state index in [0.717, 1.165) is 7.05 Å². The van der Waals surface area contributed by atoms with E-state index in [1.165, 1.54) is 0 Å². The van der Waals surface area contributed by atoms with Gasteiger partial charge in [0.25, 0.3) is 0 Å². The first-order valence-electron chi connectivity index (χ1n) is 3.02. The average Bonchev–Trinajstić information content (AvgIpc) is 1.94. The van der Waals surface area contributed by atoms with E-state index in [1.54, 1.807) is 12.1 Å². The zero-order valence-electron chi connectivity index (χ0n) is 6.33. The summed E-state index contributed by atoms with van der Waals surface area (Å²) in [7, 11) is 0.889. The van der Waals surface area contributed by atoms with Crippen LogP contribution in [0, 0.1) is 10.1 Å². The number of hydrogen-bond donors (Lipinski definition) is 0.